The molecule has 0 aromatic carbocycles. The van der Waals surface area contributed by atoms with Gasteiger partial charge in [0.15, 0.2) is 0 Å². The van der Waals surface area contributed by atoms with Crippen molar-refractivity contribution in [3.8, 4) is 0 Å². The molecular formula is C14H19N3O. The van der Waals surface area contributed by atoms with Gasteiger partial charge >= 0.3 is 0 Å². The van der Waals surface area contributed by atoms with E-state index >= 15 is 0 Å². The largest absolute Gasteiger partial charge is 0.472 e. The second-order valence-corrected chi connectivity index (χ2v) is 4.57. The second kappa shape index (κ2) is 5.23. The van der Waals surface area contributed by atoms with Crippen molar-refractivity contribution in [2.24, 2.45) is 5.73 Å². The van der Waals surface area contributed by atoms with E-state index in [1.54, 1.807) is 12.5 Å². The lowest BCUT2D eigenvalue weighted by Gasteiger charge is -2.22. The maximum Gasteiger partial charge on any atom is 0.133 e. The molecule has 0 spiro atoms. The fourth-order valence-corrected chi connectivity index (χ4v) is 2.14. The van der Waals surface area contributed by atoms with Gasteiger partial charge in [-0.05, 0) is 31.5 Å². The molecule has 0 amide bonds. The Kier molecular flexibility index (Phi) is 3.67. The van der Waals surface area contributed by atoms with E-state index in [2.05, 4.69) is 22.9 Å². The van der Waals surface area contributed by atoms with Crippen molar-refractivity contribution in [2.75, 3.05) is 11.9 Å². The summed E-state index contributed by atoms with van der Waals surface area (Å²) in [5.74, 6) is 0.955. The Balaban J connectivity index is 2.31. The fraction of sp³-hybridized carbons (Fsp3) is 0.357. The van der Waals surface area contributed by atoms with Crippen molar-refractivity contribution in [1.29, 1.82) is 0 Å². The lowest BCUT2D eigenvalue weighted by Crippen LogP contribution is -2.21. The molecule has 0 saturated heterocycles. The third-order valence-corrected chi connectivity index (χ3v) is 3.02. The van der Waals surface area contributed by atoms with E-state index in [4.69, 9.17) is 10.2 Å². The molecule has 0 atom stereocenters. The van der Waals surface area contributed by atoms with Crippen molar-refractivity contribution < 1.29 is 4.42 Å². The molecule has 0 unspecified atom stereocenters. The lowest BCUT2D eigenvalue weighted by atomic mass is 10.1. The molecule has 2 aromatic heterocycles. The first kappa shape index (κ1) is 12.6. The Morgan fingerprint density at radius 2 is 2.17 bits per heavy atom. The number of nitrogens with zero attached hydrogens (tertiary/aromatic N) is 2. The van der Waals surface area contributed by atoms with E-state index in [0.717, 1.165) is 29.2 Å². The highest BCUT2D eigenvalue weighted by Crippen LogP contribution is 2.22. The highest BCUT2D eigenvalue weighted by molar-refractivity contribution is 5.51. The minimum Gasteiger partial charge on any atom is -0.472 e. The van der Waals surface area contributed by atoms with Crippen LogP contribution in [0.2, 0.25) is 0 Å². The van der Waals surface area contributed by atoms with Crippen LogP contribution in [0.1, 0.15) is 22.4 Å². The molecule has 4 nitrogen and oxygen atoms in total. The van der Waals surface area contributed by atoms with E-state index in [1.165, 1.54) is 5.56 Å². The summed E-state index contributed by atoms with van der Waals surface area (Å²) >= 11 is 0. The van der Waals surface area contributed by atoms with E-state index in [0.29, 0.717) is 6.54 Å². The number of rotatable bonds is 4. The predicted molar refractivity (Wildman–Crippen MR) is 72.4 cm³/mol. The van der Waals surface area contributed by atoms with Crippen LogP contribution in [0, 0.1) is 13.8 Å². The molecule has 2 aromatic rings. The minimum atomic E-state index is 0.504. The van der Waals surface area contributed by atoms with Gasteiger partial charge in [-0.3, -0.25) is 0 Å². The third-order valence-electron chi connectivity index (χ3n) is 3.02. The van der Waals surface area contributed by atoms with Crippen LogP contribution in [-0.4, -0.2) is 12.0 Å². The first-order valence-corrected chi connectivity index (χ1v) is 6.01. The summed E-state index contributed by atoms with van der Waals surface area (Å²) in [5, 5.41) is 0. The fourth-order valence-electron chi connectivity index (χ4n) is 2.14. The Bertz CT molecular complexity index is 520. The van der Waals surface area contributed by atoms with Gasteiger partial charge < -0.3 is 15.1 Å². The Morgan fingerprint density at radius 1 is 1.39 bits per heavy atom. The van der Waals surface area contributed by atoms with Gasteiger partial charge in [0.25, 0.3) is 0 Å². The van der Waals surface area contributed by atoms with Crippen molar-refractivity contribution in [3.05, 3.63) is 47.0 Å². The summed E-state index contributed by atoms with van der Waals surface area (Å²) < 4.78 is 5.08. The molecule has 2 N–H and O–H groups in total. The molecule has 0 fully saturated rings. The summed E-state index contributed by atoms with van der Waals surface area (Å²) in [6.45, 7) is 5.35. The molecule has 4 heteroatoms. The Morgan fingerprint density at radius 3 is 2.78 bits per heavy atom. The SMILES string of the molecule is Cc1cc(C)c(CN)c(N(C)Cc2ccoc2)n1. The number of nitrogens with two attached hydrogens (primary N) is 1. The van der Waals surface area contributed by atoms with Crippen molar-refractivity contribution in [1.82, 2.24) is 4.98 Å². The van der Waals surface area contributed by atoms with Gasteiger partial charge in [-0.25, -0.2) is 4.98 Å². The zero-order valence-corrected chi connectivity index (χ0v) is 11.1. The number of anilines is 1. The van der Waals surface area contributed by atoms with Crippen LogP contribution in [-0.2, 0) is 13.1 Å². The molecule has 0 saturated carbocycles. The van der Waals surface area contributed by atoms with Gasteiger partial charge in [0.05, 0.1) is 12.5 Å². The summed E-state index contributed by atoms with van der Waals surface area (Å²) in [5.41, 5.74) is 10.3. The first-order chi connectivity index (χ1) is 8.61. The van der Waals surface area contributed by atoms with Gasteiger partial charge in [0.1, 0.15) is 5.82 Å². The zero-order valence-electron chi connectivity index (χ0n) is 11.1. The molecule has 96 valence electrons. The van der Waals surface area contributed by atoms with Crippen LogP contribution < -0.4 is 10.6 Å². The first-order valence-electron chi connectivity index (χ1n) is 6.01. The maximum absolute atomic E-state index is 5.83. The average Bonchev–Trinajstić information content (AvgIpc) is 2.80. The molecule has 2 heterocycles. The summed E-state index contributed by atoms with van der Waals surface area (Å²) in [6.07, 6.45) is 3.43. The zero-order chi connectivity index (χ0) is 13.1. The van der Waals surface area contributed by atoms with Crippen LogP contribution in [0.3, 0.4) is 0 Å². The Hall–Kier alpha value is -1.81. The van der Waals surface area contributed by atoms with Crippen molar-refractivity contribution in [2.45, 2.75) is 26.9 Å². The molecule has 2 rings (SSSR count). The number of hydrogen-bond donors (Lipinski definition) is 1. The minimum absolute atomic E-state index is 0.504. The monoisotopic (exact) mass is 245 g/mol. The highest BCUT2D eigenvalue weighted by Gasteiger charge is 2.12. The molecular weight excluding hydrogens is 226 g/mol. The number of aryl methyl sites for hydroxylation is 2. The van der Waals surface area contributed by atoms with Gasteiger partial charge in [0.2, 0.25) is 0 Å². The lowest BCUT2D eigenvalue weighted by molar-refractivity contribution is 0.563. The number of aromatic nitrogens is 1. The van der Waals surface area contributed by atoms with Crippen molar-refractivity contribution >= 4 is 5.82 Å². The van der Waals surface area contributed by atoms with Crippen molar-refractivity contribution in [3.63, 3.8) is 0 Å². The highest BCUT2D eigenvalue weighted by atomic mass is 16.3. The second-order valence-electron chi connectivity index (χ2n) is 4.57. The Labute approximate surface area is 107 Å². The molecule has 0 aliphatic carbocycles. The smallest absolute Gasteiger partial charge is 0.133 e. The van der Waals surface area contributed by atoms with E-state index in [9.17, 15) is 0 Å². The molecule has 0 bridgehead atoms. The third kappa shape index (κ3) is 2.54. The van der Waals surface area contributed by atoms with Crippen LogP contribution in [0.5, 0.6) is 0 Å². The molecule has 0 radical (unpaired) electrons. The summed E-state index contributed by atoms with van der Waals surface area (Å²) in [4.78, 5) is 6.70. The quantitative estimate of drug-likeness (QED) is 0.898. The van der Waals surface area contributed by atoms with Gasteiger partial charge in [-0.15, -0.1) is 0 Å². The van der Waals surface area contributed by atoms with Crippen LogP contribution in [0.25, 0.3) is 0 Å². The summed E-state index contributed by atoms with van der Waals surface area (Å²) in [7, 11) is 2.02. The normalized spacial score (nSPS) is 10.7. The van der Waals surface area contributed by atoms with E-state index in [-0.39, 0.29) is 0 Å². The molecule has 0 aliphatic rings. The topological polar surface area (TPSA) is 55.3 Å². The summed E-state index contributed by atoms with van der Waals surface area (Å²) in [6, 6.07) is 4.03. The van der Waals surface area contributed by atoms with Crippen LogP contribution in [0.15, 0.2) is 29.1 Å². The van der Waals surface area contributed by atoms with E-state index < -0.39 is 0 Å². The van der Waals surface area contributed by atoms with Gasteiger partial charge in [0, 0.05) is 37.0 Å². The predicted octanol–water partition coefficient (Wildman–Crippen LogP) is 2.39. The van der Waals surface area contributed by atoms with Crippen LogP contribution >= 0.6 is 0 Å². The number of pyridine rings is 1. The van der Waals surface area contributed by atoms with Gasteiger partial charge in [-0.1, -0.05) is 0 Å². The van der Waals surface area contributed by atoms with Crippen LogP contribution in [0.4, 0.5) is 5.82 Å². The number of furan rings is 1. The standard InChI is InChI=1S/C14H19N3O/c1-10-6-11(2)16-14(13(10)7-15)17(3)8-12-4-5-18-9-12/h4-6,9H,7-8,15H2,1-3H3. The van der Waals surface area contributed by atoms with Gasteiger partial charge in [-0.2, -0.15) is 0 Å². The number of hydrogen-bond acceptors (Lipinski definition) is 4. The maximum atomic E-state index is 5.83. The average molecular weight is 245 g/mol. The molecule has 0 aliphatic heterocycles. The molecule has 18 heavy (non-hydrogen) atoms. The van der Waals surface area contributed by atoms with E-state index in [1.807, 2.05) is 20.0 Å².